The molecule has 0 radical (unpaired) electrons. The molecule has 0 fully saturated rings. The number of carbonyl (C=O) groups is 1. The van der Waals surface area contributed by atoms with E-state index in [2.05, 4.69) is 6.92 Å². The van der Waals surface area contributed by atoms with Crippen molar-refractivity contribution in [3.63, 3.8) is 0 Å². The highest BCUT2D eigenvalue weighted by molar-refractivity contribution is 5.48. The summed E-state index contributed by atoms with van der Waals surface area (Å²) in [6, 6.07) is 0. The number of hydrogen-bond donors (Lipinski definition) is 0. The van der Waals surface area contributed by atoms with Crippen molar-refractivity contribution in [2.45, 2.75) is 83.9 Å². The monoisotopic (exact) mass is 241 g/mol. The molecule has 0 spiro atoms. The quantitative estimate of drug-likeness (QED) is 0.238. The Labute approximate surface area is 112 Å². The largest absolute Gasteiger partial charge is 0.303 e. The first-order chi connectivity index (χ1) is 9.48. The molecule has 0 rings (SSSR count). The van der Waals surface area contributed by atoms with Gasteiger partial charge in [0.15, 0.2) is 0 Å². The van der Waals surface area contributed by atoms with E-state index in [1.807, 2.05) is 6.08 Å². The van der Waals surface area contributed by atoms with Gasteiger partial charge in [-0.3, -0.25) is 0 Å². The Balaban J connectivity index is 3.48. The van der Waals surface area contributed by atoms with Crippen molar-refractivity contribution in [1.82, 2.24) is 0 Å². The van der Waals surface area contributed by atoms with Crippen LogP contribution in [0.4, 0.5) is 0 Å². The molecule has 0 bridgehead atoms. The highest BCUT2D eigenvalue weighted by atomic mass is 16.1. The van der Waals surface area contributed by atoms with Crippen LogP contribution in [0.5, 0.6) is 0 Å². The molecule has 17 heavy (non-hydrogen) atoms. The van der Waals surface area contributed by atoms with Gasteiger partial charge in [0, 0.05) is 9.16 Å². The van der Waals surface area contributed by atoms with Gasteiger partial charge in [-0.15, -0.1) is 0 Å². The fourth-order valence-electron chi connectivity index (χ4n) is 1.70. The Bertz CT molecular complexity index is 275. The topological polar surface area (TPSA) is 17.1 Å². The summed E-state index contributed by atoms with van der Waals surface area (Å²) in [5.41, 5.74) is 0. The van der Waals surface area contributed by atoms with Crippen LogP contribution in [0.2, 0.25) is 0 Å². The predicted octanol–water partition coefficient (Wildman–Crippen LogP) is 5.44. The fraction of sp³-hybridized carbons (Fsp3) is 0.812. The lowest BCUT2D eigenvalue weighted by molar-refractivity contribution is -0.107. The minimum Gasteiger partial charge on any atom is -0.303 e. The van der Waals surface area contributed by atoms with Gasteiger partial charge in [-0.1, -0.05) is 64.0 Å². The molecule has 0 amide bonds. The summed E-state index contributed by atoms with van der Waals surface area (Å²) in [6.45, 7) is 2.14. The summed E-state index contributed by atoms with van der Waals surface area (Å²) in [5.74, 6) is 0. The summed E-state index contributed by atoms with van der Waals surface area (Å²) in [6.07, 6.45) is 12.3. The van der Waals surface area contributed by atoms with Gasteiger partial charge in [-0.05, 0) is 25.6 Å². The number of rotatable bonds is 13. The van der Waals surface area contributed by atoms with Crippen LogP contribution in [0.25, 0.3) is 0 Å². The van der Waals surface area contributed by atoms with E-state index in [-0.39, 0.29) is 0 Å². The molecule has 0 aliphatic heterocycles. The van der Waals surface area contributed by atoms with E-state index in [0.717, 1.165) is 57.8 Å². The Morgan fingerprint density at radius 1 is 0.882 bits per heavy atom. The summed E-state index contributed by atoms with van der Waals surface area (Å²) in [7, 11) is 0. The zero-order valence-corrected chi connectivity index (χ0v) is 11.3. The Morgan fingerprint density at radius 3 is 2.18 bits per heavy atom. The lowest BCUT2D eigenvalue weighted by Gasteiger charge is -1.99. The van der Waals surface area contributed by atoms with Crippen molar-refractivity contribution >= 4 is 6.26 Å². The van der Waals surface area contributed by atoms with Crippen molar-refractivity contribution in [2.75, 3.05) is 0 Å². The standard InChI is InChI=1S/C16H30O/c1-2-3-4-5-6-7-8-9-10-11-12-13-14-15-16-17/h5-6,16H,2-4,7-15H2,1H3/b6-5+/i7D2,16D. The molecule has 0 aromatic heterocycles. The van der Waals surface area contributed by atoms with E-state index in [4.69, 9.17) is 4.11 Å². The molecule has 0 N–H and O–H groups in total. The van der Waals surface area contributed by atoms with Gasteiger partial charge in [-0.25, -0.2) is 0 Å². The number of hydrogen-bond acceptors (Lipinski definition) is 1. The van der Waals surface area contributed by atoms with Crippen molar-refractivity contribution < 1.29 is 8.91 Å². The molecule has 100 valence electrons. The minimum atomic E-state index is -1.16. The maximum atomic E-state index is 10.4. The van der Waals surface area contributed by atoms with E-state index < -0.39 is 12.6 Å². The molecule has 0 aliphatic carbocycles. The highest BCUT2D eigenvalue weighted by Gasteiger charge is 1.91. The second kappa shape index (κ2) is 15.4. The predicted molar refractivity (Wildman–Crippen MR) is 76.3 cm³/mol. The first kappa shape index (κ1) is 11.5. The van der Waals surface area contributed by atoms with Crippen LogP contribution < -0.4 is 0 Å². The van der Waals surface area contributed by atoms with Gasteiger partial charge in [0.25, 0.3) is 0 Å². The van der Waals surface area contributed by atoms with Crippen molar-refractivity contribution in [3.8, 4) is 0 Å². The van der Waals surface area contributed by atoms with Crippen molar-refractivity contribution in [2.24, 2.45) is 0 Å². The average Bonchev–Trinajstić information content (AvgIpc) is 2.37. The fourth-order valence-corrected chi connectivity index (χ4v) is 1.70. The van der Waals surface area contributed by atoms with Crippen LogP contribution in [-0.2, 0) is 4.79 Å². The molecule has 1 nitrogen and oxygen atoms in total. The number of carbonyl (C=O) groups excluding carboxylic acids is 1. The number of allylic oxidation sites excluding steroid dienone is 2. The Morgan fingerprint density at radius 2 is 1.53 bits per heavy atom. The van der Waals surface area contributed by atoms with Crippen LogP contribution in [-0.4, -0.2) is 6.26 Å². The van der Waals surface area contributed by atoms with E-state index in [1.165, 1.54) is 0 Å². The van der Waals surface area contributed by atoms with Gasteiger partial charge < -0.3 is 4.79 Å². The number of unbranched alkanes of at least 4 members (excludes halogenated alkanes) is 7. The molecule has 0 aromatic carbocycles. The molecular formula is C16H30O. The van der Waals surface area contributed by atoms with E-state index in [0.29, 0.717) is 12.8 Å². The summed E-state index contributed by atoms with van der Waals surface area (Å²) >= 11 is 0. The van der Waals surface area contributed by atoms with Crippen LogP contribution in [0.1, 0.15) is 88.0 Å². The van der Waals surface area contributed by atoms with E-state index in [9.17, 15) is 4.79 Å². The summed E-state index contributed by atoms with van der Waals surface area (Å²) in [4.78, 5) is 10.4. The highest BCUT2D eigenvalue weighted by Crippen LogP contribution is 2.09. The third-order valence-electron chi connectivity index (χ3n) is 2.81. The molecule has 1 heteroatoms. The average molecular weight is 241 g/mol. The maximum Gasteiger partial charge on any atom is 0.119 e. The third-order valence-corrected chi connectivity index (χ3v) is 2.81. The smallest absolute Gasteiger partial charge is 0.119 e. The molecule has 0 aromatic rings. The molecular weight excluding hydrogens is 208 g/mol. The Hall–Kier alpha value is -0.590. The summed E-state index contributed by atoms with van der Waals surface area (Å²) in [5, 5.41) is 0. The van der Waals surface area contributed by atoms with Gasteiger partial charge in [0.05, 0.1) is 0 Å². The molecule has 0 saturated heterocycles. The first-order valence-electron chi connectivity index (χ1n) is 8.65. The van der Waals surface area contributed by atoms with Crippen LogP contribution in [0, 0.1) is 0 Å². The van der Waals surface area contributed by atoms with E-state index in [1.54, 1.807) is 6.08 Å². The third kappa shape index (κ3) is 15.4. The zero-order chi connectivity index (χ0) is 15.3. The molecule has 0 aliphatic rings. The van der Waals surface area contributed by atoms with E-state index >= 15 is 0 Å². The van der Waals surface area contributed by atoms with Crippen LogP contribution in [0.15, 0.2) is 12.2 Å². The molecule has 0 heterocycles. The summed E-state index contributed by atoms with van der Waals surface area (Å²) < 4.78 is 22.5. The molecule has 0 saturated carbocycles. The minimum absolute atomic E-state index is 0.380. The van der Waals surface area contributed by atoms with Gasteiger partial charge in [0.1, 0.15) is 7.63 Å². The zero-order valence-electron chi connectivity index (χ0n) is 14.3. The molecule has 0 atom stereocenters. The van der Waals surface area contributed by atoms with Gasteiger partial charge >= 0.3 is 0 Å². The second-order valence-electron chi connectivity index (χ2n) is 4.51. The first-order valence-corrected chi connectivity index (χ1v) is 7.15. The van der Waals surface area contributed by atoms with Crippen LogP contribution >= 0.6 is 0 Å². The van der Waals surface area contributed by atoms with Crippen molar-refractivity contribution in [3.05, 3.63) is 12.2 Å². The maximum absolute atomic E-state index is 10.4. The van der Waals surface area contributed by atoms with Gasteiger partial charge in [-0.2, -0.15) is 0 Å². The Kier molecular flexibility index (Phi) is 10.4. The normalized spacial score (nSPS) is 14.5. The van der Waals surface area contributed by atoms with Crippen molar-refractivity contribution in [1.29, 1.82) is 0 Å². The lowest BCUT2D eigenvalue weighted by Crippen LogP contribution is -1.81. The van der Waals surface area contributed by atoms with Crippen LogP contribution in [0.3, 0.4) is 0 Å². The molecule has 0 unspecified atom stereocenters. The van der Waals surface area contributed by atoms with Gasteiger partial charge in [0.2, 0.25) is 0 Å². The second-order valence-corrected chi connectivity index (χ2v) is 4.51. The SMILES string of the molecule is [2H]C(=O)CCCCCCCCC([2H])([2H])/C=C/CCCC. The number of aldehydes is 1. The lowest BCUT2D eigenvalue weighted by atomic mass is 10.1.